The molecule has 1 saturated heterocycles. The highest BCUT2D eigenvalue weighted by Crippen LogP contribution is 2.29. The number of imidazole rings is 1. The number of carbonyl (C=O) groups is 1. The molecule has 7 rings (SSSR count). The zero-order valence-electron chi connectivity index (χ0n) is 25.6. The molecule has 1 aliphatic rings. The molecule has 48 heavy (non-hydrogen) atoms. The van der Waals surface area contributed by atoms with Crippen LogP contribution in [0.3, 0.4) is 0 Å². The van der Waals surface area contributed by atoms with Crippen LogP contribution in [0.4, 0.5) is 8.78 Å². The molecule has 2 aromatic carbocycles. The molecule has 5 heterocycles. The fraction of sp³-hybridized carbons (Fsp3) is 0.200. The summed E-state index contributed by atoms with van der Waals surface area (Å²) in [5.41, 5.74) is 2.91. The normalized spacial score (nSPS) is 13.9. The topological polar surface area (TPSA) is 130 Å². The van der Waals surface area contributed by atoms with Gasteiger partial charge < -0.3 is 19.1 Å². The van der Waals surface area contributed by atoms with E-state index in [-0.39, 0.29) is 47.4 Å². The van der Waals surface area contributed by atoms with Gasteiger partial charge in [0.1, 0.15) is 24.1 Å². The Morgan fingerprint density at radius 1 is 1.04 bits per heavy atom. The van der Waals surface area contributed by atoms with E-state index in [9.17, 15) is 9.90 Å². The van der Waals surface area contributed by atoms with Gasteiger partial charge in [-0.25, -0.2) is 33.5 Å². The number of halogens is 2. The number of hydrogen-bond donors (Lipinski definition) is 1. The van der Waals surface area contributed by atoms with E-state index in [4.69, 9.17) is 9.47 Å². The molecule has 6 aromatic rings. The SMILES string of the molecule is Cn1cc(C#Cc2cnc(COc3cccc(-c4cc(F)c(Cc5nc6ccc(C(=O)O)cc6n5C[C@@H]5CCO5)cc4F)n3)nc2)cn1. The number of pyridine rings is 1. The molecular weight excluding hydrogens is 620 g/mol. The van der Waals surface area contributed by atoms with Crippen LogP contribution < -0.4 is 4.74 Å². The third-order valence-electron chi connectivity index (χ3n) is 7.85. The van der Waals surface area contributed by atoms with Gasteiger partial charge >= 0.3 is 5.97 Å². The Labute approximate surface area is 272 Å². The Hall–Kier alpha value is -6.00. The first-order valence-electron chi connectivity index (χ1n) is 15.0. The molecule has 240 valence electrons. The lowest BCUT2D eigenvalue weighted by Crippen LogP contribution is -2.31. The van der Waals surface area contributed by atoms with E-state index < -0.39 is 17.6 Å². The summed E-state index contributed by atoms with van der Waals surface area (Å²) in [7, 11) is 1.81. The van der Waals surface area contributed by atoms with E-state index in [2.05, 4.69) is 36.9 Å². The monoisotopic (exact) mass is 647 g/mol. The fourth-order valence-electron chi connectivity index (χ4n) is 5.27. The van der Waals surface area contributed by atoms with Crippen LogP contribution in [0.15, 0.2) is 73.3 Å². The minimum Gasteiger partial charge on any atom is -0.478 e. The van der Waals surface area contributed by atoms with Gasteiger partial charge in [0.25, 0.3) is 0 Å². The van der Waals surface area contributed by atoms with Crippen molar-refractivity contribution in [3.05, 3.63) is 119 Å². The van der Waals surface area contributed by atoms with Crippen LogP contribution in [0.2, 0.25) is 0 Å². The highest BCUT2D eigenvalue weighted by molar-refractivity contribution is 5.92. The number of nitrogens with zero attached hydrogens (tertiary/aromatic N) is 7. The van der Waals surface area contributed by atoms with Gasteiger partial charge in [-0.05, 0) is 48.4 Å². The highest BCUT2D eigenvalue weighted by atomic mass is 19.1. The second kappa shape index (κ2) is 13.0. The van der Waals surface area contributed by atoms with Crippen LogP contribution in [0, 0.1) is 23.5 Å². The Kier molecular flexibility index (Phi) is 8.31. The quantitative estimate of drug-likeness (QED) is 0.217. The van der Waals surface area contributed by atoms with Crippen molar-refractivity contribution in [3.63, 3.8) is 0 Å². The maximum absolute atomic E-state index is 15.6. The molecule has 13 heteroatoms. The maximum atomic E-state index is 15.6. The van der Waals surface area contributed by atoms with Gasteiger partial charge in [-0.15, -0.1) is 0 Å². The van der Waals surface area contributed by atoms with Crippen LogP contribution in [0.25, 0.3) is 22.3 Å². The number of hydrogen-bond acceptors (Lipinski definition) is 8. The van der Waals surface area contributed by atoms with Crippen molar-refractivity contribution in [1.82, 2.24) is 34.3 Å². The summed E-state index contributed by atoms with van der Waals surface area (Å²) in [6.45, 7) is 1.06. The molecule has 0 saturated carbocycles. The lowest BCUT2D eigenvalue weighted by Gasteiger charge is -2.27. The molecule has 1 fully saturated rings. The summed E-state index contributed by atoms with van der Waals surface area (Å²) in [5.74, 6) is 4.65. The van der Waals surface area contributed by atoms with Gasteiger partial charge in [0.05, 0.1) is 52.3 Å². The summed E-state index contributed by atoms with van der Waals surface area (Å²) in [4.78, 5) is 29.2. The molecule has 0 unspecified atom stereocenters. The first kappa shape index (κ1) is 30.6. The average molecular weight is 648 g/mol. The van der Waals surface area contributed by atoms with Gasteiger partial charge in [0.15, 0.2) is 5.82 Å². The van der Waals surface area contributed by atoms with Crippen molar-refractivity contribution in [2.45, 2.75) is 32.1 Å². The van der Waals surface area contributed by atoms with E-state index in [1.807, 2.05) is 11.6 Å². The van der Waals surface area contributed by atoms with Crippen LogP contribution in [0.1, 0.15) is 45.1 Å². The van der Waals surface area contributed by atoms with Crippen LogP contribution in [-0.4, -0.2) is 58.1 Å². The molecule has 4 aromatic heterocycles. The first-order chi connectivity index (χ1) is 23.3. The van der Waals surface area contributed by atoms with E-state index in [0.717, 1.165) is 24.1 Å². The van der Waals surface area contributed by atoms with E-state index >= 15 is 8.78 Å². The standard InChI is InChI=1S/C35H27F2N7O4/c1-43-18-22(17-40-43)6-5-21-15-38-32(39-16-21)20-48-34-4-2-3-29(42-34)26-14-27(36)24(11-28(26)37)13-33-41-30-8-7-23(35(45)46)12-31(30)44(33)19-25-9-10-47-25/h2-4,7-8,11-12,14-18,25H,9-10,13,19-20H2,1H3,(H,45,46)/t25-/m0/s1. The number of aryl methyl sites for hydroxylation is 1. The largest absolute Gasteiger partial charge is 0.478 e. The molecule has 0 bridgehead atoms. The third kappa shape index (κ3) is 6.60. The number of aromatic carboxylic acids is 1. The molecular formula is C35H27F2N7O4. The van der Waals surface area contributed by atoms with Gasteiger partial charge in [-0.2, -0.15) is 5.10 Å². The average Bonchev–Trinajstić information content (AvgIpc) is 3.64. The molecule has 11 nitrogen and oxygen atoms in total. The smallest absolute Gasteiger partial charge is 0.335 e. The number of rotatable bonds is 9. The van der Waals surface area contributed by atoms with Crippen molar-refractivity contribution in [2.24, 2.45) is 7.05 Å². The Morgan fingerprint density at radius 3 is 2.58 bits per heavy atom. The van der Waals surface area contributed by atoms with Crippen LogP contribution in [-0.2, 0) is 31.4 Å². The predicted molar refractivity (Wildman–Crippen MR) is 169 cm³/mol. The van der Waals surface area contributed by atoms with Crippen molar-refractivity contribution < 1.29 is 28.2 Å². The molecule has 0 radical (unpaired) electrons. The zero-order chi connectivity index (χ0) is 33.2. The van der Waals surface area contributed by atoms with Crippen LogP contribution >= 0.6 is 0 Å². The van der Waals surface area contributed by atoms with Crippen LogP contribution in [0.5, 0.6) is 5.88 Å². The molecule has 1 atom stereocenters. The second-order valence-corrected chi connectivity index (χ2v) is 11.2. The summed E-state index contributed by atoms with van der Waals surface area (Å²) in [5, 5.41) is 13.6. The lowest BCUT2D eigenvalue weighted by atomic mass is 10.0. The lowest BCUT2D eigenvalue weighted by molar-refractivity contribution is -0.0589. The fourth-order valence-corrected chi connectivity index (χ4v) is 5.27. The number of ether oxygens (including phenoxy) is 2. The first-order valence-corrected chi connectivity index (χ1v) is 15.0. The van der Waals surface area contributed by atoms with Gasteiger partial charge in [0, 0.05) is 50.3 Å². The minimum atomic E-state index is -1.07. The van der Waals surface area contributed by atoms with E-state index in [0.29, 0.717) is 41.4 Å². The molecule has 0 amide bonds. The Morgan fingerprint density at radius 2 is 1.85 bits per heavy atom. The molecule has 1 aliphatic heterocycles. The van der Waals surface area contributed by atoms with E-state index in [1.54, 1.807) is 53.7 Å². The number of carboxylic acids is 1. The minimum absolute atomic E-state index is 0.00338. The third-order valence-corrected chi connectivity index (χ3v) is 7.85. The number of aromatic nitrogens is 7. The predicted octanol–water partition coefficient (Wildman–Crippen LogP) is 4.96. The second-order valence-electron chi connectivity index (χ2n) is 11.2. The number of fused-ring (bicyclic) bond motifs is 1. The summed E-state index contributed by atoms with van der Waals surface area (Å²) >= 11 is 0. The van der Waals surface area contributed by atoms with Crippen molar-refractivity contribution in [2.75, 3.05) is 6.61 Å². The molecule has 0 aliphatic carbocycles. The molecule has 1 N–H and O–H groups in total. The highest BCUT2D eigenvalue weighted by Gasteiger charge is 2.24. The Balaban J connectivity index is 1.07. The number of carboxylic acid groups (broad SMARTS) is 1. The van der Waals surface area contributed by atoms with E-state index in [1.165, 1.54) is 12.1 Å². The maximum Gasteiger partial charge on any atom is 0.335 e. The number of benzene rings is 2. The molecule has 0 spiro atoms. The van der Waals surface area contributed by atoms with Gasteiger partial charge in [-0.3, -0.25) is 4.68 Å². The zero-order valence-corrected chi connectivity index (χ0v) is 25.6. The van der Waals surface area contributed by atoms with Crippen molar-refractivity contribution in [1.29, 1.82) is 0 Å². The van der Waals surface area contributed by atoms with Crippen molar-refractivity contribution >= 4 is 17.0 Å². The Bertz CT molecular complexity index is 2220. The van der Waals surface area contributed by atoms with Crippen molar-refractivity contribution in [3.8, 4) is 29.0 Å². The van der Waals surface area contributed by atoms with Gasteiger partial charge in [-0.1, -0.05) is 17.9 Å². The van der Waals surface area contributed by atoms with Gasteiger partial charge in [0.2, 0.25) is 5.88 Å². The summed E-state index contributed by atoms with van der Waals surface area (Å²) < 4.78 is 45.9. The summed E-state index contributed by atoms with van der Waals surface area (Å²) in [6.07, 6.45) is 7.39. The summed E-state index contributed by atoms with van der Waals surface area (Å²) in [6, 6.07) is 11.7.